The molecule has 16 heavy (non-hydrogen) atoms. The van der Waals surface area contributed by atoms with E-state index in [1.54, 1.807) is 11.8 Å². The molecule has 1 rings (SSSR count). The minimum absolute atomic E-state index is 0.162. The predicted octanol–water partition coefficient (Wildman–Crippen LogP) is 2.81. The lowest BCUT2D eigenvalue weighted by atomic mass is 10.2. The van der Waals surface area contributed by atoms with Crippen LogP contribution in [0.5, 0.6) is 0 Å². The molecule has 0 saturated carbocycles. The van der Waals surface area contributed by atoms with Gasteiger partial charge in [-0.1, -0.05) is 0 Å². The van der Waals surface area contributed by atoms with Crippen LogP contribution < -0.4 is 5.32 Å². The van der Waals surface area contributed by atoms with Crippen LogP contribution in [-0.2, 0) is 0 Å². The van der Waals surface area contributed by atoms with Gasteiger partial charge in [-0.25, -0.2) is 0 Å². The number of rotatable bonds is 7. The number of furan rings is 1. The van der Waals surface area contributed by atoms with Crippen molar-refractivity contribution < 1.29 is 9.52 Å². The molecule has 0 aromatic carbocycles. The van der Waals surface area contributed by atoms with Crippen molar-refractivity contribution in [2.75, 3.05) is 18.6 Å². The molecule has 0 aliphatic heterocycles. The maximum absolute atomic E-state index is 8.97. The molecule has 5 heteroatoms. The maximum Gasteiger partial charge on any atom is 0.169 e. The highest BCUT2D eigenvalue weighted by Crippen LogP contribution is 2.21. The van der Waals surface area contributed by atoms with Crippen molar-refractivity contribution in [2.24, 2.45) is 0 Å². The molecule has 2 atom stereocenters. The molecule has 2 N–H and O–H groups in total. The summed E-state index contributed by atoms with van der Waals surface area (Å²) in [6, 6.07) is 4.33. The number of nitrogens with one attached hydrogen (secondary N) is 1. The van der Waals surface area contributed by atoms with Gasteiger partial charge in [0.2, 0.25) is 0 Å². The summed E-state index contributed by atoms with van der Waals surface area (Å²) < 4.78 is 6.24. The standard InChI is InChI=1S/C11H18BrNO2S/c1-8(10-3-4-11(12)15-10)13-9(5-6-14)7-16-2/h3-4,8-9,13-14H,5-7H2,1-2H3. The smallest absolute Gasteiger partial charge is 0.169 e. The lowest BCUT2D eigenvalue weighted by molar-refractivity contribution is 0.262. The summed E-state index contributed by atoms with van der Waals surface area (Å²) in [5, 5.41) is 12.4. The van der Waals surface area contributed by atoms with E-state index < -0.39 is 0 Å². The Labute approximate surface area is 109 Å². The van der Waals surface area contributed by atoms with Crippen LogP contribution in [0.15, 0.2) is 21.2 Å². The first-order valence-corrected chi connectivity index (χ1v) is 7.47. The third-order valence-electron chi connectivity index (χ3n) is 2.35. The summed E-state index contributed by atoms with van der Waals surface area (Å²) in [4.78, 5) is 0. The molecule has 0 aliphatic carbocycles. The van der Waals surface area contributed by atoms with Gasteiger partial charge in [0.1, 0.15) is 5.76 Å². The Morgan fingerprint density at radius 3 is 2.81 bits per heavy atom. The topological polar surface area (TPSA) is 45.4 Å². The average Bonchev–Trinajstić information content (AvgIpc) is 2.65. The molecule has 0 amide bonds. The summed E-state index contributed by atoms with van der Waals surface area (Å²) in [5.74, 6) is 1.91. The maximum atomic E-state index is 8.97. The molecule has 0 aliphatic rings. The normalized spacial score (nSPS) is 15.0. The van der Waals surface area contributed by atoms with Crippen LogP contribution in [0.2, 0.25) is 0 Å². The van der Waals surface area contributed by atoms with Gasteiger partial charge in [0.15, 0.2) is 4.67 Å². The van der Waals surface area contributed by atoms with Crippen LogP contribution in [0.4, 0.5) is 0 Å². The summed E-state index contributed by atoms with van der Waals surface area (Å²) >= 11 is 5.07. The SMILES string of the molecule is CSCC(CCO)NC(C)c1ccc(Br)o1. The highest BCUT2D eigenvalue weighted by Gasteiger charge is 2.15. The van der Waals surface area contributed by atoms with Gasteiger partial charge in [-0.3, -0.25) is 0 Å². The Morgan fingerprint density at radius 1 is 1.56 bits per heavy atom. The van der Waals surface area contributed by atoms with E-state index in [2.05, 4.69) is 34.4 Å². The second kappa shape index (κ2) is 7.37. The van der Waals surface area contributed by atoms with E-state index in [-0.39, 0.29) is 12.6 Å². The molecule has 0 bridgehead atoms. The molecule has 92 valence electrons. The third kappa shape index (κ3) is 4.49. The van der Waals surface area contributed by atoms with Crippen LogP contribution in [0.3, 0.4) is 0 Å². The van der Waals surface area contributed by atoms with Crippen LogP contribution in [-0.4, -0.2) is 29.8 Å². The van der Waals surface area contributed by atoms with Crippen LogP contribution in [0, 0.1) is 0 Å². The average molecular weight is 308 g/mol. The van der Waals surface area contributed by atoms with Gasteiger partial charge in [0.05, 0.1) is 6.04 Å². The number of hydrogen-bond acceptors (Lipinski definition) is 4. The zero-order valence-electron chi connectivity index (χ0n) is 9.57. The van der Waals surface area contributed by atoms with Crippen molar-refractivity contribution in [3.05, 3.63) is 22.6 Å². The van der Waals surface area contributed by atoms with Crippen molar-refractivity contribution in [3.63, 3.8) is 0 Å². The second-order valence-corrected chi connectivity index (χ2v) is 5.39. The fourth-order valence-electron chi connectivity index (χ4n) is 1.57. The summed E-state index contributed by atoms with van der Waals surface area (Å²) in [7, 11) is 0. The van der Waals surface area contributed by atoms with Crippen LogP contribution >= 0.6 is 27.7 Å². The molecule has 0 spiro atoms. The Balaban J connectivity index is 2.50. The number of hydrogen-bond donors (Lipinski definition) is 2. The van der Waals surface area contributed by atoms with Crippen LogP contribution in [0.1, 0.15) is 25.1 Å². The van der Waals surface area contributed by atoms with E-state index in [1.807, 2.05) is 12.1 Å². The third-order valence-corrected chi connectivity index (χ3v) is 3.51. The minimum Gasteiger partial charge on any atom is -0.453 e. The molecular formula is C11H18BrNO2S. The summed E-state index contributed by atoms with van der Waals surface area (Å²) in [6.45, 7) is 2.28. The Hall–Kier alpha value is 0.0300. The van der Waals surface area contributed by atoms with E-state index in [9.17, 15) is 0 Å². The van der Waals surface area contributed by atoms with E-state index in [0.29, 0.717) is 6.04 Å². The monoisotopic (exact) mass is 307 g/mol. The van der Waals surface area contributed by atoms with Crippen molar-refractivity contribution in [1.82, 2.24) is 5.32 Å². The first-order valence-electron chi connectivity index (χ1n) is 5.28. The van der Waals surface area contributed by atoms with Crippen molar-refractivity contribution in [1.29, 1.82) is 0 Å². The zero-order valence-corrected chi connectivity index (χ0v) is 12.0. The number of aliphatic hydroxyl groups is 1. The van der Waals surface area contributed by atoms with Gasteiger partial charge in [0, 0.05) is 18.4 Å². The molecule has 0 radical (unpaired) electrons. The molecule has 1 aromatic heterocycles. The number of thioether (sulfide) groups is 1. The van der Waals surface area contributed by atoms with E-state index >= 15 is 0 Å². The lowest BCUT2D eigenvalue weighted by Crippen LogP contribution is -2.34. The largest absolute Gasteiger partial charge is 0.453 e. The number of halogens is 1. The van der Waals surface area contributed by atoms with Crippen molar-refractivity contribution >= 4 is 27.7 Å². The van der Waals surface area contributed by atoms with Gasteiger partial charge in [-0.05, 0) is 47.7 Å². The van der Waals surface area contributed by atoms with E-state index in [0.717, 1.165) is 22.6 Å². The van der Waals surface area contributed by atoms with Crippen LogP contribution in [0.25, 0.3) is 0 Å². The van der Waals surface area contributed by atoms with Gasteiger partial charge in [0.25, 0.3) is 0 Å². The summed E-state index contributed by atoms with van der Waals surface area (Å²) in [6.07, 6.45) is 2.84. The Kier molecular flexibility index (Phi) is 6.49. The minimum atomic E-state index is 0.162. The molecule has 3 nitrogen and oxygen atoms in total. The fourth-order valence-corrected chi connectivity index (χ4v) is 2.55. The van der Waals surface area contributed by atoms with E-state index in [4.69, 9.17) is 9.52 Å². The lowest BCUT2D eigenvalue weighted by Gasteiger charge is -2.20. The molecule has 0 fully saturated rings. The van der Waals surface area contributed by atoms with Gasteiger partial charge in [-0.15, -0.1) is 0 Å². The van der Waals surface area contributed by atoms with Crippen molar-refractivity contribution in [3.8, 4) is 0 Å². The first kappa shape index (κ1) is 14.1. The highest BCUT2D eigenvalue weighted by molar-refractivity contribution is 9.10. The van der Waals surface area contributed by atoms with Gasteiger partial charge < -0.3 is 14.8 Å². The zero-order chi connectivity index (χ0) is 12.0. The molecule has 1 heterocycles. The van der Waals surface area contributed by atoms with Gasteiger partial charge >= 0.3 is 0 Å². The predicted molar refractivity (Wildman–Crippen MR) is 71.8 cm³/mol. The fraction of sp³-hybridized carbons (Fsp3) is 0.636. The second-order valence-electron chi connectivity index (χ2n) is 3.69. The summed E-state index contributed by atoms with van der Waals surface area (Å²) in [5.41, 5.74) is 0. The molecule has 1 aromatic rings. The molecule has 0 saturated heterocycles. The molecule has 2 unspecified atom stereocenters. The first-order chi connectivity index (χ1) is 7.67. The quantitative estimate of drug-likeness (QED) is 0.813. The van der Waals surface area contributed by atoms with Crippen molar-refractivity contribution in [2.45, 2.75) is 25.4 Å². The Bertz CT molecular complexity index is 300. The highest BCUT2D eigenvalue weighted by atomic mass is 79.9. The van der Waals surface area contributed by atoms with Gasteiger partial charge in [-0.2, -0.15) is 11.8 Å². The number of aliphatic hydroxyl groups excluding tert-OH is 1. The Morgan fingerprint density at radius 2 is 2.31 bits per heavy atom. The van der Waals surface area contributed by atoms with E-state index in [1.165, 1.54) is 0 Å². The molecular weight excluding hydrogens is 290 g/mol.